The lowest BCUT2D eigenvalue weighted by Gasteiger charge is -2.19. The first-order chi connectivity index (χ1) is 16.4. The Hall–Kier alpha value is -3.81. The van der Waals surface area contributed by atoms with E-state index in [0.29, 0.717) is 43.6 Å². The molecule has 0 saturated heterocycles. The van der Waals surface area contributed by atoms with Crippen LogP contribution in [-0.2, 0) is 11.3 Å². The van der Waals surface area contributed by atoms with Gasteiger partial charge in [0, 0.05) is 38.7 Å². The first kappa shape index (κ1) is 22.0. The van der Waals surface area contributed by atoms with Gasteiger partial charge in [-0.1, -0.05) is 40.5 Å². The van der Waals surface area contributed by atoms with Crippen molar-refractivity contribution >= 4 is 51.5 Å². The van der Waals surface area contributed by atoms with Crippen molar-refractivity contribution in [2.75, 3.05) is 12.0 Å². The Balaban J connectivity index is 1.63. The maximum absolute atomic E-state index is 13.1. The van der Waals surface area contributed by atoms with Crippen LogP contribution in [0.2, 0.25) is 10.0 Å². The topological polar surface area (TPSA) is 92.3 Å². The number of oxime groups is 1. The van der Waals surface area contributed by atoms with E-state index in [2.05, 4.69) is 5.16 Å². The van der Waals surface area contributed by atoms with Crippen LogP contribution in [0, 0.1) is 0 Å². The SMILES string of the molecule is COc1ccc2c(CN3C(=O)/C(=N\O)c4ccc(-c5ccc(Cl)cc5Cl)cc43)cc(=O)oc2c1. The molecule has 1 aliphatic heterocycles. The fraction of sp³-hybridized carbons (Fsp3) is 0.0800. The number of benzene rings is 3. The molecule has 0 atom stereocenters. The summed E-state index contributed by atoms with van der Waals surface area (Å²) in [6.07, 6.45) is 0. The van der Waals surface area contributed by atoms with E-state index in [1.807, 2.05) is 0 Å². The molecule has 1 aromatic heterocycles. The van der Waals surface area contributed by atoms with Crippen molar-refractivity contribution in [1.29, 1.82) is 0 Å². The van der Waals surface area contributed by atoms with Crippen molar-refractivity contribution in [2.45, 2.75) is 6.54 Å². The van der Waals surface area contributed by atoms with Crippen molar-refractivity contribution in [3.05, 3.63) is 92.3 Å². The van der Waals surface area contributed by atoms with Crippen LogP contribution in [0.5, 0.6) is 5.75 Å². The zero-order chi connectivity index (χ0) is 24.0. The summed E-state index contributed by atoms with van der Waals surface area (Å²) in [5.74, 6) is 0.0429. The number of amides is 1. The van der Waals surface area contributed by atoms with Gasteiger partial charge in [-0.2, -0.15) is 0 Å². The third kappa shape index (κ3) is 3.69. The first-order valence-electron chi connectivity index (χ1n) is 10.1. The Morgan fingerprint density at radius 3 is 2.53 bits per heavy atom. The van der Waals surface area contributed by atoms with Gasteiger partial charge in [0.1, 0.15) is 11.3 Å². The molecular weight excluding hydrogens is 479 g/mol. The van der Waals surface area contributed by atoms with Crippen LogP contribution in [0.1, 0.15) is 11.1 Å². The summed E-state index contributed by atoms with van der Waals surface area (Å²) in [6, 6.07) is 16.9. The van der Waals surface area contributed by atoms with Crippen LogP contribution in [0.25, 0.3) is 22.1 Å². The standard InChI is InChI=1S/C25H16Cl2N2O5/c1-33-16-4-7-18-14(9-23(30)34-22(18)11-16)12-29-21-8-13(17-6-3-15(26)10-20(17)27)2-5-19(21)24(28-32)25(29)31/h2-11,32H,12H2,1H3/b28-24-. The number of anilines is 1. The highest BCUT2D eigenvalue weighted by molar-refractivity contribution is 6.54. The molecule has 0 spiro atoms. The van der Waals surface area contributed by atoms with Gasteiger partial charge in [0.2, 0.25) is 0 Å². The molecule has 0 bridgehead atoms. The van der Waals surface area contributed by atoms with E-state index in [9.17, 15) is 14.8 Å². The third-order valence-electron chi connectivity index (χ3n) is 5.70. The molecule has 0 radical (unpaired) electrons. The van der Waals surface area contributed by atoms with Crippen LogP contribution in [0.15, 0.2) is 75.0 Å². The van der Waals surface area contributed by atoms with Gasteiger partial charge in [0.05, 0.1) is 19.3 Å². The molecule has 9 heteroatoms. The second kappa shape index (κ2) is 8.52. The number of methoxy groups -OCH3 is 1. The summed E-state index contributed by atoms with van der Waals surface area (Å²) >= 11 is 12.4. The van der Waals surface area contributed by atoms with Crippen molar-refractivity contribution < 1.29 is 19.2 Å². The molecule has 1 aliphatic rings. The van der Waals surface area contributed by atoms with Crippen molar-refractivity contribution in [1.82, 2.24) is 0 Å². The van der Waals surface area contributed by atoms with Gasteiger partial charge in [0.25, 0.3) is 5.91 Å². The predicted molar refractivity (Wildman–Crippen MR) is 130 cm³/mol. The van der Waals surface area contributed by atoms with E-state index >= 15 is 0 Å². The second-order valence-corrected chi connectivity index (χ2v) is 8.49. The summed E-state index contributed by atoms with van der Waals surface area (Å²) in [7, 11) is 1.52. The molecule has 0 aliphatic carbocycles. The second-order valence-electron chi connectivity index (χ2n) is 7.65. The van der Waals surface area contributed by atoms with Crippen LogP contribution >= 0.6 is 23.2 Å². The molecule has 170 valence electrons. The molecule has 1 amide bonds. The Kier molecular flexibility index (Phi) is 5.51. The van der Waals surface area contributed by atoms with Crippen molar-refractivity contribution in [3.8, 4) is 16.9 Å². The monoisotopic (exact) mass is 494 g/mol. The van der Waals surface area contributed by atoms with Crippen molar-refractivity contribution in [3.63, 3.8) is 0 Å². The number of rotatable bonds is 4. The number of carbonyl (C=O) groups is 1. The summed E-state index contributed by atoms with van der Waals surface area (Å²) < 4.78 is 10.5. The van der Waals surface area contributed by atoms with E-state index < -0.39 is 11.5 Å². The quantitative estimate of drug-likeness (QED) is 0.229. The Bertz CT molecular complexity index is 1560. The molecule has 5 rings (SSSR count). The lowest BCUT2D eigenvalue weighted by molar-refractivity contribution is -0.112. The first-order valence-corrected chi connectivity index (χ1v) is 10.9. The van der Waals surface area contributed by atoms with Gasteiger partial charge >= 0.3 is 5.63 Å². The molecule has 4 aromatic rings. The van der Waals surface area contributed by atoms with Gasteiger partial charge in [-0.25, -0.2) is 4.79 Å². The minimum Gasteiger partial charge on any atom is -0.497 e. The van der Waals surface area contributed by atoms with E-state index in [4.69, 9.17) is 32.4 Å². The zero-order valence-corrected chi connectivity index (χ0v) is 19.2. The van der Waals surface area contributed by atoms with Gasteiger partial charge < -0.3 is 19.3 Å². The molecule has 34 heavy (non-hydrogen) atoms. The van der Waals surface area contributed by atoms with Gasteiger partial charge in [-0.05, 0) is 47.5 Å². The fourth-order valence-corrected chi connectivity index (χ4v) is 4.61. The van der Waals surface area contributed by atoms with Gasteiger partial charge in [-0.15, -0.1) is 0 Å². The fourth-order valence-electron chi connectivity index (χ4n) is 4.09. The maximum atomic E-state index is 13.1. The van der Waals surface area contributed by atoms with E-state index in [0.717, 1.165) is 11.1 Å². The highest BCUT2D eigenvalue weighted by Gasteiger charge is 2.35. The van der Waals surface area contributed by atoms with E-state index in [-0.39, 0.29) is 12.3 Å². The largest absolute Gasteiger partial charge is 0.497 e. The highest BCUT2D eigenvalue weighted by atomic mass is 35.5. The Morgan fingerprint density at radius 1 is 1.00 bits per heavy atom. The number of ether oxygens (including phenoxy) is 1. The summed E-state index contributed by atoms with van der Waals surface area (Å²) in [5, 5.41) is 14.4. The van der Waals surface area contributed by atoms with Crippen LogP contribution in [0.4, 0.5) is 5.69 Å². The molecule has 3 aromatic carbocycles. The average Bonchev–Trinajstić information content (AvgIpc) is 3.08. The summed E-state index contributed by atoms with van der Waals surface area (Å²) in [6.45, 7) is 0.0527. The Morgan fingerprint density at radius 2 is 1.79 bits per heavy atom. The van der Waals surface area contributed by atoms with Crippen LogP contribution in [-0.4, -0.2) is 23.9 Å². The summed E-state index contributed by atoms with van der Waals surface area (Å²) in [4.78, 5) is 26.8. The Labute approximate surface area is 203 Å². The number of halogens is 2. The molecule has 2 heterocycles. The maximum Gasteiger partial charge on any atom is 0.336 e. The summed E-state index contributed by atoms with van der Waals surface area (Å²) in [5.41, 5.74) is 2.74. The smallest absolute Gasteiger partial charge is 0.336 e. The molecular formula is C25H16Cl2N2O5. The van der Waals surface area contributed by atoms with Gasteiger partial charge in [0.15, 0.2) is 5.71 Å². The van der Waals surface area contributed by atoms with E-state index in [1.54, 1.807) is 54.6 Å². The number of hydrogen-bond acceptors (Lipinski definition) is 6. The predicted octanol–water partition coefficient (Wildman–Crippen LogP) is 5.50. The average molecular weight is 495 g/mol. The lowest BCUT2D eigenvalue weighted by Crippen LogP contribution is -2.30. The molecule has 0 saturated carbocycles. The van der Waals surface area contributed by atoms with E-state index in [1.165, 1.54) is 18.1 Å². The number of nitrogens with zero attached hydrogens (tertiary/aromatic N) is 2. The molecule has 7 nitrogen and oxygen atoms in total. The van der Waals surface area contributed by atoms with Crippen LogP contribution < -0.4 is 15.3 Å². The minimum absolute atomic E-state index is 0.0527. The molecule has 0 unspecified atom stereocenters. The lowest BCUT2D eigenvalue weighted by atomic mass is 10.0. The van der Waals surface area contributed by atoms with Crippen molar-refractivity contribution in [2.24, 2.45) is 5.16 Å². The normalized spacial score (nSPS) is 14.1. The highest BCUT2D eigenvalue weighted by Crippen LogP contribution is 2.38. The number of fused-ring (bicyclic) bond motifs is 2. The number of carbonyl (C=O) groups excluding carboxylic acids is 1. The van der Waals surface area contributed by atoms with Crippen LogP contribution in [0.3, 0.4) is 0 Å². The zero-order valence-electron chi connectivity index (χ0n) is 17.7. The number of hydrogen-bond donors (Lipinski definition) is 1. The minimum atomic E-state index is -0.555. The van der Waals surface area contributed by atoms with Gasteiger partial charge in [-0.3, -0.25) is 4.79 Å². The molecule has 1 N–H and O–H groups in total. The third-order valence-corrected chi connectivity index (χ3v) is 6.25. The molecule has 0 fully saturated rings.